The maximum absolute atomic E-state index is 11.1. The van der Waals surface area contributed by atoms with Crippen molar-refractivity contribution in [2.24, 2.45) is 5.73 Å². The minimum atomic E-state index is -0.244. The van der Waals surface area contributed by atoms with Crippen molar-refractivity contribution in [3.63, 3.8) is 0 Å². The van der Waals surface area contributed by atoms with Gasteiger partial charge in [-0.2, -0.15) is 0 Å². The van der Waals surface area contributed by atoms with E-state index >= 15 is 0 Å². The fourth-order valence-electron chi connectivity index (χ4n) is 2.58. The molecular weight excluding hydrogens is 178 g/mol. The average Bonchev–Trinajstić information content (AvgIpc) is 2.75. The van der Waals surface area contributed by atoms with Crippen molar-refractivity contribution in [3.05, 3.63) is 0 Å². The Morgan fingerprint density at radius 1 is 1.21 bits per heavy atom. The van der Waals surface area contributed by atoms with Gasteiger partial charge in [0.1, 0.15) is 0 Å². The van der Waals surface area contributed by atoms with Crippen molar-refractivity contribution in [1.29, 1.82) is 0 Å². The standard InChI is InChI=1S/C10H19N3O/c11-10(14)13-7-3-4-9(13)8-12-5-1-2-6-12/h9H,1-8H2,(H2,11,14)/t9-/m0/s1. The number of amides is 2. The molecule has 0 spiro atoms. The lowest BCUT2D eigenvalue weighted by Crippen LogP contribution is -2.44. The minimum absolute atomic E-state index is 0.244. The first-order valence-electron chi connectivity index (χ1n) is 5.56. The summed E-state index contributed by atoms with van der Waals surface area (Å²) in [6.45, 7) is 4.28. The highest BCUT2D eigenvalue weighted by atomic mass is 16.2. The number of nitrogens with zero attached hydrogens (tertiary/aromatic N) is 2. The molecule has 2 N–H and O–H groups in total. The number of urea groups is 1. The van der Waals surface area contributed by atoms with Gasteiger partial charge in [0.15, 0.2) is 0 Å². The number of carbonyl (C=O) groups excluding carboxylic acids is 1. The first-order valence-corrected chi connectivity index (χ1v) is 5.56. The highest BCUT2D eigenvalue weighted by Gasteiger charge is 2.29. The highest BCUT2D eigenvalue weighted by molar-refractivity contribution is 5.72. The van der Waals surface area contributed by atoms with E-state index in [-0.39, 0.29) is 6.03 Å². The lowest BCUT2D eigenvalue weighted by molar-refractivity contribution is 0.183. The van der Waals surface area contributed by atoms with Crippen molar-refractivity contribution < 1.29 is 4.79 Å². The van der Waals surface area contributed by atoms with Crippen LogP contribution in [0.5, 0.6) is 0 Å². The molecule has 14 heavy (non-hydrogen) atoms. The summed E-state index contributed by atoms with van der Waals surface area (Å²) < 4.78 is 0. The summed E-state index contributed by atoms with van der Waals surface area (Å²) in [7, 11) is 0. The van der Waals surface area contributed by atoms with Gasteiger partial charge in [-0.25, -0.2) is 4.79 Å². The maximum Gasteiger partial charge on any atom is 0.315 e. The molecule has 0 aromatic carbocycles. The summed E-state index contributed by atoms with van der Waals surface area (Å²) in [5.74, 6) is 0. The van der Waals surface area contributed by atoms with Crippen molar-refractivity contribution in [2.45, 2.75) is 31.7 Å². The molecule has 2 heterocycles. The molecular formula is C10H19N3O. The quantitative estimate of drug-likeness (QED) is 0.705. The van der Waals surface area contributed by atoms with Gasteiger partial charge in [-0.15, -0.1) is 0 Å². The van der Waals surface area contributed by atoms with Crippen LogP contribution in [0.4, 0.5) is 4.79 Å². The summed E-state index contributed by atoms with van der Waals surface area (Å²) in [5.41, 5.74) is 5.33. The van der Waals surface area contributed by atoms with Crippen LogP contribution >= 0.6 is 0 Å². The van der Waals surface area contributed by atoms with Gasteiger partial charge in [-0.3, -0.25) is 0 Å². The molecule has 2 amide bonds. The van der Waals surface area contributed by atoms with Crippen molar-refractivity contribution in [1.82, 2.24) is 9.80 Å². The molecule has 2 aliphatic rings. The van der Waals surface area contributed by atoms with Crippen LogP contribution < -0.4 is 5.73 Å². The predicted molar refractivity (Wildman–Crippen MR) is 55.0 cm³/mol. The Morgan fingerprint density at radius 3 is 2.57 bits per heavy atom. The van der Waals surface area contributed by atoms with Crippen LogP contribution in [-0.4, -0.2) is 48.1 Å². The Labute approximate surface area is 85.0 Å². The van der Waals surface area contributed by atoms with E-state index in [4.69, 9.17) is 5.73 Å². The van der Waals surface area contributed by atoms with Crippen LogP contribution in [0.25, 0.3) is 0 Å². The molecule has 2 fully saturated rings. The van der Waals surface area contributed by atoms with Crippen molar-refractivity contribution in [2.75, 3.05) is 26.2 Å². The largest absolute Gasteiger partial charge is 0.351 e. The van der Waals surface area contributed by atoms with Gasteiger partial charge in [-0.05, 0) is 38.8 Å². The Balaban J connectivity index is 1.86. The smallest absolute Gasteiger partial charge is 0.315 e. The number of likely N-dealkylation sites (tertiary alicyclic amines) is 2. The summed E-state index contributed by atoms with van der Waals surface area (Å²) >= 11 is 0. The van der Waals surface area contributed by atoms with Crippen LogP contribution in [0.15, 0.2) is 0 Å². The second-order valence-electron chi connectivity index (χ2n) is 4.34. The van der Waals surface area contributed by atoms with Gasteiger partial charge in [0.05, 0.1) is 0 Å². The van der Waals surface area contributed by atoms with E-state index in [9.17, 15) is 4.79 Å². The summed E-state index contributed by atoms with van der Waals surface area (Å²) in [6.07, 6.45) is 4.85. The number of nitrogens with two attached hydrogens (primary N) is 1. The number of hydrogen-bond acceptors (Lipinski definition) is 2. The lowest BCUT2D eigenvalue weighted by atomic mass is 10.2. The molecule has 0 bridgehead atoms. The van der Waals surface area contributed by atoms with Crippen LogP contribution in [0.3, 0.4) is 0 Å². The zero-order valence-electron chi connectivity index (χ0n) is 8.61. The Bertz CT molecular complexity index is 213. The lowest BCUT2D eigenvalue weighted by Gasteiger charge is -2.26. The number of hydrogen-bond donors (Lipinski definition) is 1. The van der Waals surface area contributed by atoms with Crippen LogP contribution in [0, 0.1) is 0 Å². The molecule has 2 aliphatic heterocycles. The Morgan fingerprint density at radius 2 is 1.93 bits per heavy atom. The second kappa shape index (κ2) is 4.17. The second-order valence-corrected chi connectivity index (χ2v) is 4.34. The molecule has 4 heteroatoms. The van der Waals surface area contributed by atoms with Crippen LogP contribution in [0.2, 0.25) is 0 Å². The topological polar surface area (TPSA) is 49.6 Å². The molecule has 80 valence electrons. The summed E-state index contributed by atoms with van der Waals surface area (Å²) in [4.78, 5) is 15.4. The van der Waals surface area contributed by atoms with Crippen molar-refractivity contribution in [3.8, 4) is 0 Å². The molecule has 0 aromatic heterocycles. The van der Waals surface area contributed by atoms with E-state index in [1.807, 2.05) is 4.90 Å². The van der Waals surface area contributed by atoms with Gasteiger partial charge in [0.25, 0.3) is 0 Å². The van der Waals surface area contributed by atoms with Gasteiger partial charge in [0, 0.05) is 19.1 Å². The van der Waals surface area contributed by atoms with E-state index in [0.29, 0.717) is 6.04 Å². The van der Waals surface area contributed by atoms with E-state index in [2.05, 4.69) is 4.90 Å². The zero-order chi connectivity index (χ0) is 9.97. The molecule has 4 nitrogen and oxygen atoms in total. The van der Waals surface area contributed by atoms with E-state index < -0.39 is 0 Å². The Kier molecular flexibility index (Phi) is 2.91. The van der Waals surface area contributed by atoms with Crippen molar-refractivity contribution >= 4 is 6.03 Å². The third-order valence-electron chi connectivity index (χ3n) is 3.33. The monoisotopic (exact) mass is 197 g/mol. The first kappa shape index (κ1) is 9.77. The number of primary amides is 1. The molecule has 2 saturated heterocycles. The molecule has 0 radical (unpaired) electrons. The molecule has 0 aliphatic carbocycles. The molecule has 1 atom stereocenters. The normalized spacial score (nSPS) is 28.6. The van der Waals surface area contributed by atoms with Crippen LogP contribution in [0.1, 0.15) is 25.7 Å². The average molecular weight is 197 g/mol. The van der Waals surface area contributed by atoms with Gasteiger partial charge >= 0.3 is 6.03 Å². The maximum atomic E-state index is 11.1. The van der Waals surface area contributed by atoms with Gasteiger partial charge < -0.3 is 15.5 Å². The van der Waals surface area contributed by atoms with Crippen LogP contribution in [-0.2, 0) is 0 Å². The number of rotatable bonds is 2. The summed E-state index contributed by atoms with van der Waals surface area (Å²) in [6, 6.07) is 0.136. The predicted octanol–water partition coefficient (Wildman–Crippen LogP) is 0.625. The van der Waals surface area contributed by atoms with Gasteiger partial charge in [0.2, 0.25) is 0 Å². The first-order chi connectivity index (χ1) is 6.77. The fraction of sp³-hybridized carbons (Fsp3) is 0.900. The van der Waals surface area contributed by atoms with E-state index in [1.165, 1.54) is 25.9 Å². The number of carbonyl (C=O) groups is 1. The van der Waals surface area contributed by atoms with E-state index in [1.54, 1.807) is 0 Å². The Hall–Kier alpha value is -0.770. The highest BCUT2D eigenvalue weighted by Crippen LogP contribution is 2.19. The third kappa shape index (κ3) is 2.00. The molecule has 0 unspecified atom stereocenters. The molecule has 0 aromatic rings. The third-order valence-corrected chi connectivity index (χ3v) is 3.33. The van der Waals surface area contributed by atoms with Gasteiger partial charge in [-0.1, -0.05) is 0 Å². The summed E-state index contributed by atoms with van der Waals surface area (Å²) in [5, 5.41) is 0. The zero-order valence-corrected chi connectivity index (χ0v) is 8.61. The minimum Gasteiger partial charge on any atom is -0.351 e. The molecule has 2 rings (SSSR count). The SMILES string of the molecule is NC(=O)N1CCC[C@H]1CN1CCCC1. The fourth-order valence-corrected chi connectivity index (χ4v) is 2.58. The molecule has 0 saturated carbocycles. The van der Waals surface area contributed by atoms with E-state index in [0.717, 1.165) is 25.9 Å².